The largest absolute Gasteiger partial charge is 0.450 e. The minimum atomic E-state index is -3.14. The van der Waals surface area contributed by atoms with Gasteiger partial charge in [-0.05, 0) is 6.42 Å². The summed E-state index contributed by atoms with van der Waals surface area (Å²) < 4.78 is 28.0. The van der Waals surface area contributed by atoms with Gasteiger partial charge in [-0.3, -0.25) is 0 Å². The first-order valence-electron chi connectivity index (χ1n) is 10.7. The summed E-state index contributed by atoms with van der Waals surface area (Å²) >= 11 is 5.95. The molecule has 160 valence electrons. The van der Waals surface area contributed by atoms with Crippen molar-refractivity contribution in [3.8, 4) is 0 Å². The van der Waals surface area contributed by atoms with Gasteiger partial charge >= 0.3 is 6.09 Å². The Kier molecular flexibility index (Phi) is 13.2. The number of carbonyl (C=O) groups excluding carboxylic acids is 1. The van der Waals surface area contributed by atoms with Crippen LogP contribution in [0.1, 0.15) is 90.4 Å². The average molecular weight is 424 g/mol. The number of ether oxygens (including phenoxy) is 1. The molecule has 0 aliphatic carbocycles. The minimum absolute atomic E-state index is 0.0850. The second-order valence-electron chi connectivity index (χ2n) is 7.72. The van der Waals surface area contributed by atoms with Gasteiger partial charge in [-0.2, -0.15) is 0 Å². The van der Waals surface area contributed by atoms with Crippen molar-refractivity contribution in [2.45, 2.75) is 102 Å². The summed E-state index contributed by atoms with van der Waals surface area (Å²) in [5, 5.41) is 1.99. The summed E-state index contributed by atoms with van der Waals surface area (Å²) in [7, 11) is -3.14. The number of nitrogens with one attached hydrogen (secondary N) is 1. The maximum absolute atomic E-state index is 11.7. The predicted molar refractivity (Wildman–Crippen MR) is 112 cm³/mol. The molecular formula is C20H38ClNO4S. The van der Waals surface area contributed by atoms with Crippen molar-refractivity contribution in [1.82, 2.24) is 5.32 Å². The second-order valence-corrected chi connectivity index (χ2v) is 10.4. The third-order valence-electron chi connectivity index (χ3n) is 5.07. The number of rotatable bonds is 15. The average Bonchev–Trinajstić information content (AvgIpc) is 2.86. The van der Waals surface area contributed by atoms with Crippen LogP contribution in [0.25, 0.3) is 0 Å². The Labute approximate surface area is 170 Å². The molecule has 1 saturated heterocycles. The van der Waals surface area contributed by atoms with Gasteiger partial charge in [-0.25, -0.2) is 13.2 Å². The zero-order valence-electron chi connectivity index (χ0n) is 16.9. The smallest absolute Gasteiger partial charge is 0.407 e. The molecule has 0 aromatic rings. The molecule has 2 atom stereocenters. The molecule has 1 heterocycles. The molecule has 27 heavy (non-hydrogen) atoms. The molecule has 0 bridgehead atoms. The maximum atomic E-state index is 11.7. The van der Waals surface area contributed by atoms with E-state index >= 15 is 0 Å². The van der Waals surface area contributed by atoms with Crippen molar-refractivity contribution in [2.24, 2.45) is 0 Å². The molecule has 5 nitrogen and oxygen atoms in total. The Morgan fingerprint density at radius 3 is 1.81 bits per heavy atom. The number of hydrogen-bond acceptors (Lipinski definition) is 4. The number of halogens is 1. The number of hydrogen-bond donors (Lipinski definition) is 1. The lowest BCUT2D eigenvalue weighted by atomic mass is 10.0. The first-order valence-corrected chi connectivity index (χ1v) is 13.0. The van der Waals surface area contributed by atoms with E-state index in [9.17, 15) is 13.2 Å². The van der Waals surface area contributed by atoms with Crippen molar-refractivity contribution >= 4 is 27.5 Å². The summed E-state index contributed by atoms with van der Waals surface area (Å²) in [6.07, 6.45) is 16.0. The van der Waals surface area contributed by atoms with Gasteiger partial charge in [0.05, 0.1) is 29.5 Å². The molecule has 1 aliphatic rings. The fourth-order valence-electron chi connectivity index (χ4n) is 3.41. The van der Waals surface area contributed by atoms with E-state index in [0.29, 0.717) is 6.61 Å². The van der Waals surface area contributed by atoms with Gasteiger partial charge in [0.1, 0.15) is 0 Å². The van der Waals surface area contributed by atoms with E-state index < -0.39 is 27.3 Å². The zero-order valence-corrected chi connectivity index (χ0v) is 18.5. The summed E-state index contributed by atoms with van der Waals surface area (Å²) in [6.45, 7) is 2.62. The van der Waals surface area contributed by atoms with Crippen LogP contribution in [0, 0.1) is 0 Å². The van der Waals surface area contributed by atoms with Crippen LogP contribution in [0.4, 0.5) is 4.79 Å². The number of carbonyl (C=O) groups is 1. The van der Waals surface area contributed by atoms with Crippen LogP contribution in [0.15, 0.2) is 0 Å². The van der Waals surface area contributed by atoms with Gasteiger partial charge in [0, 0.05) is 0 Å². The van der Waals surface area contributed by atoms with Gasteiger partial charge in [0.15, 0.2) is 9.84 Å². The fraction of sp³-hybridized carbons (Fsp3) is 0.950. The van der Waals surface area contributed by atoms with Crippen LogP contribution < -0.4 is 5.32 Å². The van der Waals surface area contributed by atoms with Gasteiger partial charge in [0.25, 0.3) is 0 Å². The van der Waals surface area contributed by atoms with Crippen LogP contribution in [-0.2, 0) is 14.6 Å². The highest BCUT2D eigenvalue weighted by molar-refractivity contribution is 7.91. The van der Waals surface area contributed by atoms with E-state index in [2.05, 4.69) is 12.2 Å². The Morgan fingerprint density at radius 2 is 1.37 bits per heavy atom. The van der Waals surface area contributed by atoms with Gasteiger partial charge in [0.2, 0.25) is 0 Å². The van der Waals surface area contributed by atoms with Crippen LogP contribution >= 0.6 is 11.6 Å². The highest BCUT2D eigenvalue weighted by atomic mass is 35.5. The van der Waals surface area contributed by atoms with E-state index in [1.807, 2.05) is 0 Å². The van der Waals surface area contributed by atoms with E-state index in [1.54, 1.807) is 0 Å². The predicted octanol–water partition coefficient (Wildman–Crippen LogP) is 5.21. The number of amides is 1. The Hall–Kier alpha value is -0.490. The van der Waals surface area contributed by atoms with Crippen molar-refractivity contribution in [3.05, 3.63) is 0 Å². The first kappa shape index (κ1) is 24.5. The topological polar surface area (TPSA) is 72.5 Å². The van der Waals surface area contributed by atoms with E-state index in [1.165, 1.54) is 70.6 Å². The normalized spacial score (nSPS) is 21.3. The zero-order chi connectivity index (χ0) is 20.0. The van der Waals surface area contributed by atoms with Crippen molar-refractivity contribution in [2.75, 3.05) is 18.1 Å². The highest BCUT2D eigenvalue weighted by Gasteiger charge is 2.37. The van der Waals surface area contributed by atoms with Crippen LogP contribution in [0.3, 0.4) is 0 Å². The monoisotopic (exact) mass is 423 g/mol. The molecule has 2 unspecified atom stereocenters. The minimum Gasteiger partial charge on any atom is -0.450 e. The molecule has 1 rings (SSSR count). The lowest BCUT2D eigenvalue weighted by Gasteiger charge is -2.14. The summed E-state index contributed by atoms with van der Waals surface area (Å²) in [6, 6.07) is -0.546. The number of sulfone groups is 1. The molecule has 0 aromatic carbocycles. The van der Waals surface area contributed by atoms with Gasteiger partial charge < -0.3 is 10.1 Å². The van der Waals surface area contributed by atoms with E-state index in [-0.39, 0.29) is 11.5 Å². The number of alkyl halides is 1. The Morgan fingerprint density at radius 1 is 0.889 bits per heavy atom. The van der Waals surface area contributed by atoms with E-state index in [4.69, 9.17) is 16.3 Å². The lowest BCUT2D eigenvalue weighted by molar-refractivity contribution is 0.141. The number of alkyl carbamates (subject to hydrolysis) is 1. The van der Waals surface area contributed by atoms with Crippen molar-refractivity contribution in [1.29, 1.82) is 0 Å². The SMILES string of the molecule is CCCCCCCCCCCCCCCOC(=O)NC1CS(=O)(=O)CC1Cl. The summed E-state index contributed by atoms with van der Waals surface area (Å²) in [4.78, 5) is 11.7. The summed E-state index contributed by atoms with van der Waals surface area (Å²) in [5.41, 5.74) is 0. The summed E-state index contributed by atoms with van der Waals surface area (Å²) in [5.74, 6) is -0.187. The molecule has 1 N–H and O–H groups in total. The second kappa shape index (κ2) is 14.5. The molecule has 7 heteroatoms. The van der Waals surface area contributed by atoms with Crippen molar-refractivity contribution < 1.29 is 17.9 Å². The van der Waals surface area contributed by atoms with Crippen LogP contribution in [0.5, 0.6) is 0 Å². The Bertz CT molecular complexity index is 498. The Balaban J connectivity index is 1.85. The fourth-order valence-corrected chi connectivity index (χ4v) is 5.96. The molecule has 0 spiro atoms. The first-order chi connectivity index (χ1) is 12.9. The molecule has 0 saturated carbocycles. The molecule has 1 fully saturated rings. The van der Waals surface area contributed by atoms with E-state index in [0.717, 1.165) is 12.8 Å². The van der Waals surface area contributed by atoms with Gasteiger partial charge in [-0.15, -0.1) is 11.6 Å². The van der Waals surface area contributed by atoms with Gasteiger partial charge in [-0.1, -0.05) is 84.0 Å². The molecule has 0 aromatic heterocycles. The van der Waals surface area contributed by atoms with Crippen molar-refractivity contribution in [3.63, 3.8) is 0 Å². The number of unbranched alkanes of at least 4 members (excludes halogenated alkanes) is 12. The third-order valence-corrected chi connectivity index (χ3v) is 7.44. The molecule has 1 aliphatic heterocycles. The molecular weight excluding hydrogens is 386 g/mol. The highest BCUT2D eigenvalue weighted by Crippen LogP contribution is 2.18. The standard InChI is InChI=1S/C20H38ClNO4S/c1-2-3-4-5-6-7-8-9-10-11-12-13-14-15-26-20(23)22-19-17-27(24,25)16-18(19)21/h18-19H,2-17H2,1H3,(H,22,23). The molecule has 1 amide bonds. The maximum Gasteiger partial charge on any atom is 0.407 e. The lowest BCUT2D eigenvalue weighted by Crippen LogP contribution is -2.41. The quantitative estimate of drug-likeness (QED) is 0.290. The third kappa shape index (κ3) is 12.6. The van der Waals surface area contributed by atoms with Crippen LogP contribution in [0.2, 0.25) is 0 Å². The molecule has 0 radical (unpaired) electrons. The van der Waals surface area contributed by atoms with Crippen LogP contribution in [-0.4, -0.2) is 44.0 Å².